The van der Waals surface area contributed by atoms with Gasteiger partial charge in [-0.1, -0.05) is 0 Å². The Balaban J connectivity index is 1.50. The van der Waals surface area contributed by atoms with Gasteiger partial charge in [0.05, 0.1) is 17.5 Å². The van der Waals surface area contributed by atoms with Gasteiger partial charge >= 0.3 is 0 Å². The largest absolute Gasteiger partial charge is 0.464 e. The van der Waals surface area contributed by atoms with E-state index in [1.54, 1.807) is 16.9 Å². The minimum Gasteiger partial charge on any atom is -0.464 e. The summed E-state index contributed by atoms with van der Waals surface area (Å²) in [5.74, 6) is -0.675. The number of aryl methyl sites for hydroxylation is 1. The number of fused-ring (bicyclic) bond motifs is 1. The van der Waals surface area contributed by atoms with Gasteiger partial charge in [0, 0.05) is 37.7 Å². The molecule has 0 spiro atoms. The van der Waals surface area contributed by atoms with Crippen LogP contribution in [0.4, 0.5) is 4.39 Å². The zero-order valence-electron chi connectivity index (χ0n) is 13.7. The highest BCUT2D eigenvalue weighted by molar-refractivity contribution is 6.04. The van der Waals surface area contributed by atoms with Crippen LogP contribution in [0.3, 0.4) is 0 Å². The van der Waals surface area contributed by atoms with Crippen molar-refractivity contribution in [1.29, 1.82) is 0 Å². The summed E-state index contributed by atoms with van der Waals surface area (Å²) >= 11 is 0. The maximum Gasteiger partial charge on any atom is 0.255 e. The maximum atomic E-state index is 13.7. The molecule has 1 amide bonds. The molecule has 130 valence electrons. The summed E-state index contributed by atoms with van der Waals surface area (Å²) in [5.41, 5.74) is 1.58. The molecule has 0 unspecified atom stereocenters. The fraction of sp³-hybridized carbons (Fsp3) is 0.333. The van der Waals surface area contributed by atoms with E-state index in [1.165, 1.54) is 18.4 Å². The third-order valence-corrected chi connectivity index (χ3v) is 4.65. The molecule has 6 nitrogen and oxygen atoms in total. The van der Waals surface area contributed by atoms with Gasteiger partial charge in [0.25, 0.3) is 5.91 Å². The summed E-state index contributed by atoms with van der Waals surface area (Å²) in [4.78, 5) is 12.5. The Labute approximate surface area is 143 Å². The Bertz CT molecular complexity index is 917. The number of benzene rings is 1. The summed E-state index contributed by atoms with van der Waals surface area (Å²) < 4.78 is 26.6. The molecule has 1 saturated heterocycles. The number of hydrogen-bond donors (Lipinski definition) is 1. The average Bonchev–Trinajstić information content (AvgIpc) is 3.31. The van der Waals surface area contributed by atoms with E-state index >= 15 is 0 Å². The van der Waals surface area contributed by atoms with Crippen LogP contribution in [0.1, 0.15) is 28.6 Å². The number of hydrogen-bond acceptors (Lipinski definition) is 4. The standard InChI is InChI=1S/C18H18FN3O3/c1-22-15(2-5-21-22)17-12(4-7-25-17)10-20-18(23)14-9-13(19)8-11-3-6-24-16(11)14/h2-3,5-6,8-9,12,17H,4,7,10H2,1H3,(H,20,23)/t12-,17+/m0/s1. The van der Waals surface area contributed by atoms with Crippen molar-refractivity contribution in [2.75, 3.05) is 13.2 Å². The van der Waals surface area contributed by atoms with E-state index in [0.29, 0.717) is 24.1 Å². The number of aromatic nitrogens is 2. The second-order valence-corrected chi connectivity index (χ2v) is 6.22. The molecule has 1 N–H and O–H groups in total. The van der Waals surface area contributed by atoms with Gasteiger partial charge in [-0.05, 0) is 30.7 Å². The van der Waals surface area contributed by atoms with Crippen LogP contribution in [0.5, 0.6) is 0 Å². The highest BCUT2D eigenvalue weighted by atomic mass is 19.1. The first-order chi connectivity index (χ1) is 12.1. The lowest BCUT2D eigenvalue weighted by Crippen LogP contribution is -2.31. The Kier molecular flexibility index (Phi) is 4.01. The van der Waals surface area contributed by atoms with E-state index in [0.717, 1.165) is 12.1 Å². The molecule has 0 bridgehead atoms. The minimum atomic E-state index is -0.462. The summed E-state index contributed by atoms with van der Waals surface area (Å²) in [6, 6.07) is 6.10. The fourth-order valence-corrected chi connectivity index (χ4v) is 3.37. The molecule has 1 fully saturated rings. The van der Waals surface area contributed by atoms with Gasteiger partial charge in [0.2, 0.25) is 0 Å². The van der Waals surface area contributed by atoms with Crippen LogP contribution < -0.4 is 5.32 Å². The third kappa shape index (κ3) is 2.91. The zero-order chi connectivity index (χ0) is 17.4. The Morgan fingerprint density at radius 3 is 3.12 bits per heavy atom. The van der Waals surface area contributed by atoms with Crippen molar-refractivity contribution in [2.45, 2.75) is 12.5 Å². The Hall–Kier alpha value is -2.67. The SMILES string of the molecule is Cn1nccc1[C@@H]1OCC[C@H]1CNC(=O)c1cc(F)cc2ccoc12. The van der Waals surface area contributed by atoms with E-state index in [2.05, 4.69) is 10.4 Å². The van der Waals surface area contributed by atoms with Crippen molar-refractivity contribution in [2.24, 2.45) is 13.0 Å². The normalized spacial score (nSPS) is 20.2. The first-order valence-corrected chi connectivity index (χ1v) is 8.18. The van der Waals surface area contributed by atoms with E-state index in [-0.39, 0.29) is 23.5 Å². The zero-order valence-corrected chi connectivity index (χ0v) is 13.7. The topological polar surface area (TPSA) is 69.3 Å². The average molecular weight is 343 g/mol. The molecule has 0 radical (unpaired) electrons. The monoisotopic (exact) mass is 343 g/mol. The van der Waals surface area contributed by atoms with Crippen molar-refractivity contribution in [3.63, 3.8) is 0 Å². The van der Waals surface area contributed by atoms with Crippen molar-refractivity contribution in [3.05, 3.63) is 53.8 Å². The Morgan fingerprint density at radius 2 is 2.32 bits per heavy atom. The predicted molar refractivity (Wildman–Crippen MR) is 88.5 cm³/mol. The van der Waals surface area contributed by atoms with Crippen LogP contribution in [-0.4, -0.2) is 28.8 Å². The van der Waals surface area contributed by atoms with Gasteiger partial charge in [-0.3, -0.25) is 9.48 Å². The van der Waals surface area contributed by atoms with Crippen molar-refractivity contribution < 1.29 is 18.3 Å². The molecule has 4 rings (SSSR count). The predicted octanol–water partition coefficient (Wildman–Crippen LogP) is 2.81. The lowest BCUT2D eigenvalue weighted by atomic mass is 9.98. The minimum absolute atomic E-state index is 0.107. The number of rotatable bonds is 4. The summed E-state index contributed by atoms with van der Waals surface area (Å²) in [6.45, 7) is 1.08. The van der Waals surface area contributed by atoms with Gasteiger partial charge in [0.15, 0.2) is 0 Å². The molecule has 1 aromatic carbocycles. The molecule has 2 aromatic heterocycles. The van der Waals surface area contributed by atoms with Crippen molar-refractivity contribution in [3.8, 4) is 0 Å². The van der Waals surface area contributed by atoms with Gasteiger partial charge < -0.3 is 14.5 Å². The lowest BCUT2D eigenvalue weighted by Gasteiger charge is -2.19. The molecule has 3 aromatic rings. The third-order valence-electron chi connectivity index (χ3n) is 4.65. The second-order valence-electron chi connectivity index (χ2n) is 6.22. The first kappa shape index (κ1) is 15.8. The molecule has 0 saturated carbocycles. The number of carbonyl (C=O) groups is 1. The Morgan fingerprint density at radius 1 is 1.44 bits per heavy atom. The van der Waals surface area contributed by atoms with Crippen LogP contribution in [0.25, 0.3) is 11.0 Å². The molecule has 3 heterocycles. The highest BCUT2D eigenvalue weighted by Gasteiger charge is 2.32. The van der Waals surface area contributed by atoms with Crippen LogP contribution in [0.2, 0.25) is 0 Å². The molecule has 25 heavy (non-hydrogen) atoms. The molecule has 7 heteroatoms. The number of furan rings is 1. The number of nitrogens with zero attached hydrogens (tertiary/aromatic N) is 2. The number of nitrogens with one attached hydrogen (secondary N) is 1. The fourth-order valence-electron chi connectivity index (χ4n) is 3.37. The van der Waals surface area contributed by atoms with Crippen LogP contribution in [-0.2, 0) is 11.8 Å². The molecular formula is C18H18FN3O3. The number of halogens is 1. The number of carbonyl (C=O) groups excluding carboxylic acids is 1. The molecule has 2 atom stereocenters. The van der Waals surface area contributed by atoms with E-state index in [1.807, 2.05) is 13.1 Å². The van der Waals surface area contributed by atoms with Crippen molar-refractivity contribution in [1.82, 2.24) is 15.1 Å². The van der Waals surface area contributed by atoms with Gasteiger partial charge in [-0.15, -0.1) is 0 Å². The van der Waals surface area contributed by atoms with E-state index in [4.69, 9.17) is 9.15 Å². The lowest BCUT2D eigenvalue weighted by molar-refractivity contribution is 0.0801. The van der Waals surface area contributed by atoms with Gasteiger partial charge in [-0.25, -0.2) is 4.39 Å². The highest BCUT2D eigenvalue weighted by Crippen LogP contribution is 2.33. The molecule has 0 aliphatic carbocycles. The van der Waals surface area contributed by atoms with Crippen LogP contribution in [0, 0.1) is 11.7 Å². The van der Waals surface area contributed by atoms with E-state index in [9.17, 15) is 9.18 Å². The van der Waals surface area contributed by atoms with Crippen LogP contribution >= 0.6 is 0 Å². The second kappa shape index (κ2) is 6.33. The van der Waals surface area contributed by atoms with Gasteiger partial charge in [0.1, 0.15) is 17.5 Å². The van der Waals surface area contributed by atoms with Crippen LogP contribution in [0.15, 0.2) is 41.1 Å². The summed E-state index contributed by atoms with van der Waals surface area (Å²) in [7, 11) is 1.87. The number of amides is 1. The quantitative estimate of drug-likeness (QED) is 0.791. The summed E-state index contributed by atoms with van der Waals surface area (Å²) in [5, 5.41) is 7.63. The first-order valence-electron chi connectivity index (χ1n) is 8.18. The van der Waals surface area contributed by atoms with Gasteiger partial charge in [-0.2, -0.15) is 5.10 Å². The molecular weight excluding hydrogens is 325 g/mol. The molecule has 1 aliphatic rings. The maximum absolute atomic E-state index is 13.7. The summed E-state index contributed by atoms with van der Waals surface area (Å²) in [6.07, 6.45) is 3.91. The molecule has 1 aliphatic heterocycles. The number of ether oxygens (including phenoxy) is 1. The van der Waals surface area contributed by atoms with Crippen molar-refractivity contribution >= 4 is 16.9 Å². The smallest absolute Gasteiger partial charge is 0.255 e. The van der Waals surface area contributed by atoms with E-state index < -0.39 is 5.82 Å².